The number of nitrogens with two attached hydrogens (primary N) is 1. The van der Waals surface area contributed by atoms with Crippen LogP contribution in [0.4, 0.5) is 4.79 Å². The molecule has 0 rings (SSSR count). The summed E-state index contributed by atoms with van der Waals surface area (Å²) in [6.45, 7) is 0. The summed E-state index contributed by atoms with van der Waals surface area (Å²) in [7, 11) is 0. The van der Waals surface area contributed by atoms with Crippen LogP contribution in [-0.2, 0) is 17.1 Å². The molecule has 0 saturated carbocycles. The average molecular weight is 171 g/mol. The van der Waals surface area contributed by atoms with E-state index in [0.29, 0.717) is 0 Å². The Bertz CT molecular complexity index is 37.9. The fraction of sp³-hybridized carbons (Fsp3) is 0. The van der Waals surface area contributed by atoms with E-state index in [4.69, 9.17) is 4.79 Å². The number of hydrogen-bond donors (Lipinski definition) is 2. The van der Waals surface area contributed by atoms with Crippen LogP contribution in [0.5, 0.6) is 0 Å². The van der Waals surface area contributed by atoms with Crippen molar-refractivity contribution in [1.29, 1.82) is 0 Å². The summed E-state index contributed by atoms with van der Waals surface area (Å²) in [4.78, 5) is 9.09. The molecule has 0 bridgehead atoms. The third-order valence-electron chi connectivity index (χ3n) is 0. The van der Waals surface area contributed by atoms with Crippen LogP contribution in [0.1, 0.15) is 0 Å². The minimum absolute atomic E-state index is 0. The first kappa shape index (κ1) is 26.4. The standard InChI is InChI=1S/CH3NOS.2CH3.Cu/c2-1(3)4;;;/h(H3,2,3,4);2*1H3;/q;2*-1;+2. The predicted octanol–water partition coefficient (Wildman–Crippen LogP) is 0.893. The first-order valence-electron chi connectivity index (χ1n) is 0.716. The Balaban J connectivity index is -0.0000000150. The van der Waals surface area contributed by atoms with Gasteiger partial charge in [0, 0.05) is 0 Å². The quantitative estimate of drug-likeness (QED) is 0.317. The number of hydrogen-bond acceptors (Lipinski definition) is 1. The maximum absolute atomic E-state index is 9.09. The first-order chi connectivity index (χ1) is 1.73. The van der Waals surface area contributed by atoms with Crippen LogP contribution >= 0.6 is 12.6 Å². The first-order valence-corrected chi connectivity index (χ1v) is 1.16. The van der Waals surface area contributed by atoms with Gasteiger partial charge in [0.15, 0.2) is 0 Å². The zero-order chi connectivity index (χ0) is 3.58. The van der Waals surface area contributed by atoms with Gasteiger partial charge in [0.05, 0.1) is 0 Å². The van der Waals surface area contributed by atoms with Crippen LogP contribution in [0.15, 0.2) is 0 Å². The predicted molar refractivity (Wildman–Crippen MR) is 31.4 cm³/mol. The molecule has 0 aromatic carbocycles. The zero-order valence-electron chi connectivity index (χ0n) is 4.23. The molecule has 0 spiro atoms. The van der Waals surface area contributed by atoms with Crippen LogP contribution < -0.4 is 5.73 Å². The van der Waals surface area contributed by atoms with E-state index in [1.807, 2.05) is 0 Å². The third kappa shape index (κ3) is 1040. The van der Waals surface area contributed by atoms with Gasteiger partial charge in [0.2, 0.25) is 0 Å². The van der Waals surface area contributed by atoms with Crippen LogP contribution in [0.25, 0.3) is 0 Å². The Morgan fingerprint density at radius 3 is 1.43 bits per heavy atom. The van der Waals surface area contributed by atoms with Crippen molar-refractivity contribution in [2.24, 2.45) is 5.73 Å². The van der Waals surface area contributed by atoms with E-state index in [1.165, 1.54) is 0 Å². The van der Waals surface area contributed by atoms with Crippen LogP contribution in [0.2, 0.25) is 0 Å². The largest absolute Gasteiger partial charge is 2.00 e. The van der Waals surface area contributed by atoms with E-state index in [0.717, 1.165) is 0 Å². The zero-order valence-corrected chi connectivity index (χ0v) is 6.07. The fourth-order valence-corrected chi connectivity index (χ4v) is 0. The van der Waals surface area contributed by atoms with Gasteiger partial charge in [-0.25, -0.2) is 0 Å². The Kier molecular flexibility index (Phi) is 61.2. The molecule has 0 fully saturated rings. The molecule has 1 amide bonds. The number of carbonyl (C=O) groups is 1. The second-order valence-electron chi connectivity index (χ2n) is 0.338. The number of amides is 1. The van der Waals surface area contributed by atoms with Gasteiger partial charge in [-0.3, -0.25) is 4.79 Å². The molecule has 1 radical (unpaired) electrons. The van der Waals surface area contributed by atoms with Crippen molar-refractivity contribution in [3.8, 4) is 0 Å². The summed E-state index contributed by atoms with van der Waals surface area (Å²) < 4.78 is 0. The van der Waals surface area contributed by atoms with Crippen molar-refractivity contribution in [1.82, 2.24) is 0 Å². The van der Waals surface area contributed by atoms with Crippen LogP contribution in [-0.4, -0.2) is 5.24 Å². The van der Waals surface area contributed by atoms with Gasteiger partial charge in [-0.05, 0) is 0 Å². The molecule has 0 aromatic heterocycles. The smallest absolute Gasteiger partial charge is 0.361 e. The van der Waals surface area contributed by atoms with E-state index in [2.05, 4.69) is 18.4 Å². The van der Waals surface area contributed by atoms with Gasteiger partial charge in [0.1, 0.15) is 0 Å². The van der Waals surface area contributed by atoms with Gasteiger partial charge in [0.25, 0.3) is 5.24 Å². The molecular formula is C3H9CuNOS. The van der Waals surface area contributed by atoms with Crippen molar-refractivity contribution in [3.05, 3.63) is 14.9 Å². The van der Waals surface area contributed by atoms with Crippen molar-refractivity contribution in [3.63, 3.8) is 0 Å². The summed E-state index contributed by atoms with van der Waals surface area (Å²) >= 11 is 3.10. The van der Waals surface area contributed by atoms with Gasteiger partial charge in [-0.1, -0.05) is 12.6 Å². The SMILES string of the molecule is NC(=O)S.[CH3-].[CH3-].[Cu+2]. The summed E-state index contributed by atoms with van der Waals surface area (Å²) in [6, 6.07) is 0. The van der Waals surface area contributed by atoms with Crippen molar-refractivity contribution in [2.75, 3.05) is 0 Å². The summed E-state index contributed by atoms with van der Waals surface area (Å²) in [5.41, 5.74) is 4.34. The number of carbonyl (C=O) groups excluding carboxylic acids is 1. The Labute approximate surface area is 60.7 Å². The van der Waals surface area contributed by atoms with Gasteiger partial charge in [-0.2, -0.15) is 0 Å². The normalized spacial score (nSPS) is 3.57. The van der Waals surface area contributed by atoms with E-state index in [9.17, 15) is 0 Å². The Morgan fingerprint density at radius 2 is 1.43 bits per heavy atom. The Hall–Kier alpha value is 0.339. The molecule has 0 atom stereocenters. The molecule has 2 N–H and O–H groups in total. The summed E-state index contributed by atoms with van der Waals surface area (Å²) in [5, 5.41) is -0.639. The minimum Gasteiger partial charge on any atom is -0.361 e. The maximum Gasteiger partial charge on any atom is 2.00 e. The second-order valence-corrected chi connectivity index (χ2v) is 0.779. The molecule has 7 heavy (non-hydrogen) atoms. The van der Waals surface area contributed by atoms with Crippen LogP contribution in [0, 0.1) is 14.9 Å². The van der Waals surface area contributed by atoms with E-state index in [-0.39, 0.29) is 31.9 Å². The Morgan fingerprint density at radius 1 is 1.43 bits per heavy atom. The molecule has 0 saturated heterocycles. The molecule has 2 nitrogen and oxygen atoms in total. The van der Waals surface area contributed by atoms with Crippen molar-refractivity contribution >= 4 is 17.9 Å². The molecule has 0 aliphatic heterocycles. The monoisotopic (exact) mass is 170 g/mol. The van der Waals surface area contributed by atoms with Gasteiger partial charge in [-0.15, -0.1) is 0 Å². The number of thiol groups is 1. The van der Waals surface area contributed by atoms with Gasteiger partial charge >= 0.3 is 17.1 Å². The summed E-state index contributed by atoms with van der Waals surface area (Å²) in [5.74, 6) is 0. The van der Waals surface area contributed by atoms with Crippen molar-refractivity contribution in [2.45, 2.75) is 0 Å². The molecule has 0 aliphatic carbocycles. The third-order valence-corrected chi connectivity index (χ3v) is 0. The number of primary amides is 1. The molecule has 0 aromatic rings. The molecule has 0 heterocycles. The van der Waals surface area contributed by atoms with E-state index >= 15 is 0 Å². The maximum atomic E-state index is 9.09. The van der Waals surface area contributed by atoms with E-state index in [1.54, 1.807) is 0 Å². The van der Waals surface area contributed by atoms with Crippen molar-refractivity contribution < 1.29 is 21.9 Å². The van der Waals surface area contributed by atoms with Gasteiger partial charge < -0.3 is 20.6 Å². The number of rotatable bonds is 0. The molecule has 49 valence electrons. The molecule has 4 heteroatoms. The molecular weight excluding hydrogens is 162 g/mol. The average Bonchev–Trinajstić information content (AvgIpc) is 0.811. The van der Waals surface area contributed by atoms with E-state index < -0.39 is 5.24 Å². The molecule has 0 aliphatic rings. The summed E-state index contributed by atoms with van der Waals surface area (Å²) in [6.07, 6.45) is 0. The second kappa shape index (κ2) is 16.2. The minimum atomic E-state index is -0.639. The fourth-order valence-electron chi connectivity index (χ4n) is 0. The topological polar surface area (TPSA) is 43.1 Å². The van der Waals surface area contributed by atoms with Crippen LogP contribution in [0.3, 0.4) is 0 Å². The molecule has 0 unspecified atom stereocenters.